The van der Waals surface area contributed by atoms with Crippen LogP contribution in [0.25, 0.3) is 0 Å². The summed E-state index contributed by atoms with van der Waals surface area (Å²) in [5.41, 5.74) is -2.01. The highest BCUT2D eigenvalue weighted by atomic mass is 35.5. The third kappa shape index (κ3) is 4.08. The summed E-state index contributed by atoms with van der Waals surface area (Å²) >= 11 is 5.52. The van der Waals surface area contributed by atoms with Gasteiger partial charge in [0.25, 0.3) is 5.56 Å². The van der Waals surface area contributed by atoms with Gasteiger partial charge in [-0.2, -0.15) is 13.2 Å². The number of nitrogens with one attached hydrogen (secondary N) is 1. The lowest BCUT2D eigenvalue weighted by molar-refractivity contribution is -0.138. The van der Waals surface area contributed by atoms with Gasteiger partial charge in [-0.05, 0) is 13.0 Å². The third-order valence-electron chi connectivity index (χ3n) is 3.64. The fraction of sp³-hybridized carbons (Fsp3) is 0.500. The van der Waals surface area contributed by atoms with E-state index in [0.29, 0.717) is 29.9 Å². The van der Waals surface area contributed by atoms with Gasteiger partial charge in [0, 0.05) is 25.7 Å². The first-order valence-electron chi connectivity index (χ1n) is 7.16. The highest BCUT2D eigenvalue weighted by molar-refractivity contribution is 6.30. The van der Waals surface area contributed by atoms with Gasteiger partial charge in [0.15, 0.2) is 0 Å². The molecule has 2 rings (SSSR count). The van der Waals surface area contributed by atoms with E-state index >= 15 is 0 Å². The number of carbonyl (C=O) groups excluding carboxylic acids is 2. The van der Waals surface area contributed by atoms with Gasteiger partial charge in [0.1, 0.15) is 11.6 Å². The highest BCUT2D eigenvalue weighted by Crippen LogP contribution is 2.29. The topological polar surface area (TPSA) is 71.4 Å². The van der Waals surface area contributed by atoms with Crippen LogP contribution >= 0.6 is 11.6 Å². The standard InChI is InChI=1S/C14H15ClF3N3O3/c1-2-20-6-9(4-12(20)23)19-11(22)7-21-5-8(14(16,17)18)3-10(15)13(21)24/h3,5,9H,2,4,6-7H2,1H3,(H,19,22)/t9-/m0/s1. The Morgan fingerprint density at radius 2 is 2.08 bits per heavy atom. The number of nitrogens with zero attached hydrogens (tertiary/aromatic N) is 2. The smallest absolute Gasteiger partial charge is 0.350 e. The third-order valence-corrected chi connectivity index (χ3v) is 3.92. The van der Waals surface area contributed by atoms with Crippen LogP contribution in [-0.2, 0) is 22.3 Å². The Morgan fingerprint density at radius 1 is 1.42 bits per heavy atom. The molecule has 1 aromatic rings. The van der Waals surface area contributed by atoms with E-state index < -0.39 is 40.8 Å². The predicted molar refractivity (Wildman–Crippen MR) is 79.5 cm³/mol. The summed E-state index contributed by atoms with van der Waals surface area (Å²) in [4.78, 5) is 36.9. The second kappa shape index (κ2) is 6.84. The highest BCUT2D eigenvalue weighted by Gasteiger charge is 2.33. The van der Waals surface area contributed by atoms with Crippen molar-refractivity contribution in [2.75, 3.05) is 13.1 Å². The predicted octanol–water partition coefficient (Wildman–Crippen LogP) is 1.26. The van der Waals surface area contributed by atoms with Crippen LogP contribution in [0.1, 0.15) is 18.9 Å². The van der Waals surface area contributed by atoms with Crippen molar-refractivity contribution in [1.29, 1.82) is 0 Å². The van der Waals surface area contributed by atoms with E-state index in [-0.39, 0.29) is 12.3 Å². The molecule has 2 amide bonds. The molecule has 0 aromatic carbocycles. The number of amides is 2. The minimum absolute atomic E-state index is 0.109. The summed E-state index contributed by atoms with van der Waals surface area (Å²) in [7, 11) is 0. The Labute approximate surface area is 140 Å². The van der Waals surface area contributed by atoms with E-state index in [1.54, 1.807) is 11.8 Å². The Hall–Kier alpha value is -2.03. The molecule has 1 saturated heterocycles. The fourth-order valence-electron chi connectivity index (χ4n) is 2.47. The van der Waals surface area contributed by atoms with Gasteiger partial charge in [-0.15, -0.1) is 0 Å². The van der Waals surface area contributed by atoms with E-state index in [1.807, 2.05) is 0 Å². The zero-order valence-electron chi connectivity index (χ0n) is 12.7. The van der Waals surface area contributed by atoms with Crippen LogP contribution < -0.4 is 10.9 Å². The number of alkyl halides is 3. The van der Waals surface area contributed by atoms with Crippen molar-refractivity contribution in [3.63, 3.8) is 0 Å². The van der Waals surface area contributed by atoms with E-state index in [0.717, 1.165) is 0 Å². The molecular formula is C14H15ClF3N3O3. The largest absolute Gasteiger partial charge is 0.417 e. The zero-order chi connectivity index (χ0) is 18.1. The maximum atomic E-state index is 12.8. The van der Waals surface area contributed by atoms with Crippen LogP contribution in [0.3, 0.4) is 0 Å². The summed E-state index contributed by atoms with van der Waals surface area (Å²) in [6, 6.07) is 0.0921. The average Bonchev–Trinajstić information content (AvgIpc) is 2.82. The van der Waals surface area contributed by atoms with E-state index in [1.165, 1.54) is 0 Å². The van der Waals surface area contributed by atoms with E-state index in [2.05, 4.69) is 5.32 Å². The first kappa shape index (κ1) is 18.3. The molecule has 6 nitrogen and oxygen atoms in total. The zero-order valence-corrected chi connectivity index (χ0v) is 13.4. The number of likely N-dealkylation sites (tertiary alicyclic amines) is 1. The van der Waals surface area contributed by atoms with Crippen LogP contribution in [0.2, 0.25) is 5.02 Å². The summed E-state index contributed by atoms with van der Waals surface area (Å²) in [5, 5.41) is 1.92. The average molecular weight is 366 g/mol. The molecule has 1 atom stereocenters. The Morgan fingerprint density at radius 3 is 2.62 bits per heavy atom. The van der Waals surface area contributed by atoms with Crippen molar-refractivity contribution < 1.29 is 22.8 Å². The first-order chi connectivity index (χ1) is 11.1. The molecule has 2 heterocycles. The number of halogens is 4. The van der Waals surface area contributed by atoms with Crippen LogP contribution in [0.5, 0.6) is 0 Å². The second-order valence-electron chi connectivity index (χ2n) is 5.41. The molecule has 10 heteroatoms. The van der Waals surface area contributed by atoms with E-state index in [9.17, 15) is 27.6 Å². The maximum Gasteiger partial charge on any atom is 0.417 e. The van der Waals surface area contributed by atoms with Gasteiger partial charge in [-0.3, -0.25) is 14.4 Å². The monoisotopic (exact) mass is 365 g/mol. The van der Waals surface area contributed by atoms with Crippen LogP contribution in [0.15, 0.2) is 17.1 Å². The van der Waals surface area contributed by atoms with E-state index in [4.69, 9.17) is 11.6 Å². The molecule has 24 heavy (non-hydrogen) atoms. The normalized spacial score (nSPS) is 18.1. The second-order valence-corrected chi connectivity index (χ2v) is 5.82. The fourth-order valence-corrected chi connectivity index (χ4v) is 2.70. The summed E-state index contributed by atoms with van der Waals surface area (Å²) in [5.74, 6) is -0.773. The lowest BCUT2D eigenvalue weighted by atomic mass is 10.2. The van der Waals surface area contributed by atoms with Crippen molar-refractivity contribution in [1.82, 2.24) is 14.8 Å². The van der Waals surface area contributed by atoms with Crippen molar-refractivity contribution >= 4 is 23.4 Å². The van der Waals surface area contributed by atoms with Crippen molar-refractivity contribution in [3.05, 3.63) is 33.2 Å². The number of likely N-dealkylation sites (N-methyl/N-ethyl adjacent to an activating group) is 1. The number of pyridine rings is 1. The Kier molecular flexibility index (Phi) is 5.22. The van der Waals surface area contributed by atoms with Crippen LogP contribution in [-0.4, -0.2) is 40.4 Å². The minimum atomic E-state index is -4.69. The van der Waals surface area contributed by atoms with Gasteiger partial charge >= 0.3 is 6.18 Å². The molecule has 0 unspecified atom stereocenters. The number of hydrogen-bond acceptors (Lipinski definition) is 3. The minimum Gasteiger partial charge on any atom is -0.350 e. The Bertz CT molecular complexity index is 717. The van der Waals surface area contributed by atoms with Crippen LogP contribution in [0, 0.1) is 0 Å². The quantitative estimate of drug-likeness (QED) is 0.873. The SMILES string of the molecule is CCN1C[C@@H](NC(=O)Cn2cc(C(F)(F)F)cc(Cl)c2=O)CC1=O. The van der Waals surface area contributed by atoms with Gasteiger partial charge in [0.05, 0.1) is 11.6 Å². The van der Waals surface area contributed by atoms with Crippen molar-refractivity contribution in [2.45, 2.75) is 32.1 Å². The molecule has 0 saturated carbocycles. The molecule has 1 fully saturated rings. The number of aromatic nitrogens is 1. The van der Waals surface area contributed by atoms with Gasteiger partial charge in [-0.25, -0.2) is 0 Å². The number of rotatable bonds is 4. The van der Waals surface area contributed by atoms with Gasteiger partial charge < -0.3 is 14.8 Å². The Balaban J connectivity index is 2.11. The molecule has 1 N–H and O–H groups in total. The lowest BCUT2D eigenvalue weighted by Crippen LogP contribution is -2.40. The van der Waals surface area contributed by atoms with Crippen molar-refractivity contribution in [2.24, 2.45) is 0 Å². The summed E-state index contributed by atoms with van der Waals surface area (Å²) in [6.45, 7) is 2.03. The molecule has 1 aliphatic rings. The molecule has 0 spiro atoms. The molecular weight excluding hydrogens is 351 g/mol. The van der Waals surface area contributed by atoms with Gasteiger partial charge in [0.2, 0.25) is 11.8 Å². The van der Waals surface area contributed by atoms with Crippen molar-refractivity contribution in [3.8, 4) is 0 Å². The molecule has 1 aliphatic heterocycles. The number of hydrogen-bond donors (Lipinski definition) is 1. The number of carbonyl (C=O) groups is 2. The summed E-state index contributed by atoms with van der Waals surface area (Å²) in [6.07, 6.45) is -4.02. The summed E-state index contributed by atoms with van der Waals surface area (Å²) < 4.78 is 38.9. The molecule has 132 valence electrons. The van der Waals surface area contributed by atoms with Crippen LogP contribution in [0.4, 0.5) is 13.2 Å². The lowest BCUT2D eigenvalue weighted by Gasteiger charge is -2.16. The molecule has 0 bridgehead atoms. The first-order valence-corrected chi connectivity index (χ1v) is 7.54. The van der Waals surface area contributed by atoms with Gasteiger partial charge in [-0.1, -0.05) is 11.6 Å². The molecule has 0 aliphatic carbocycles. The molecule has 1 aromatic heterocycles. The maximum absolute atomic E-state index is 12.8. The molecule has 0 radical (unpaired) electrons.